The van der Waals surface area contributed by atoms with E-state index in [9.17, 15) is 16.8 Å². The second-order valence-corrected chi connectivity index (χ2v) is 8.76. The summed E-state index contributed by atoms with van der Waals surface area (Å²) < 4.78 is 50.5. The predicted octanol–water partition coefficient (Wildman–Crippen LogP) is 0.318. The van der Waals surface area contributed by atoms with Crippen molar-refractivity contribution in [2.75, 3.05) is 11.5 Å². The molecular formula is C8H16O5S2. The van der Waals surface area contributed by atoms with Crippen LogP contribution in [0, 0.1) is 0 Å². The molecule has 90 valence electrons. The Morgan fingerprint density at radius 3 is 2.13 bits per heavy atom. The molecule has 0 aromatic rings. The van der Waals surface area contributed by atoms with Gasteiger partial charge in [0.1, 0.15) is 5.25 Å². The Balaban J connectivity index is 2.82. The van der Waals surface area contributed by atoms with Crippen molar-refractivity contribution in [2.24, 2.45) is 0 Å². The summed E-state index contributed by atoms with van der Waals surface area (Å²) in [6, 6.07) is 0. The molecule has 0 spiro atoms. The minimum atomic E-state index is -3.77. The first-order chi connectivity index (χ1) is 6.52. The third-order valence-electron chi connectivity index (χ3n) is 1.97. The summed E-state index contributed by atoms with van der Waals surface area (Å²) in [6.45, 7) is 4.86. The van der Waals surface area contributed by atoms with Crippen LogP contribution in [0.2, 0.25) is 0 Å². The SMILES string of the molecule is CC(C)(C)OS(=O)(=O)[C@H]1CCS(=O)(=O)C1. The van der Waals surface area contributed by atoms with E-state index in [1.54, 1.807) is 20.8 Å². The van der Waals surface area contributed by atoms with Crippen molar-refractivity contribution in [3.63, 3.8) is 0 Å². The molecular weight excluding hydrogens is 240 g/mol. The van der Waals surface area contributed by atoms with E-state index >= 15 is 0 Å². The lowest BCUT2D eigenvalue weighted by atomic mass is 10.2. The average Bonchev–Trinajstić information content (AvgIpc) is 2.25. The fraction of sp³-hybridized carbons (Fsp3) is 1.00. The number of sulfone groups is 1. The van der Waals surface area contributed by atoms with Gasteiger partial charge in [0.25, 0.3) is 10.1 Å². The molecule has 5 nitrogen and oxygen atoms in total. The monoisotopic (exact) mass is 256 g/mol. The van der Waals surface area contributed by atoms with Crippen LogP contribution >= 0.6 is 0 Å². The smallest absolute Gasteiger partial charge is 0.264 e. The van der Waals surface area contributed by atoms with Gasteiger partial charge in [-0.3, -0.25) is 4.18 Å². The van der Waals surface area contributed by atoms with Crippen molar-refractivity contribution in [3.05, 3.63) is 0 Å². The number of hydrogen-bond acceptors (Lipinski definition) is 5. The van der Waals surface area contributed by atoms with E-state index in [4.69, 9.17) is 4.18 Å². The summed E-state index contributed by atoms with van der Waals surface area (Å²) in [5, 5.41) is -0.901. The molecule has 1 aliphatic heterocycles. The van der Waals surface area contributed by atoms with Gasteiger partial charge in [0, 0.05) is 0 Å². The molecule has 0 saturated carbocycles. The lowest BCUT2D eigenvalue weighted by Gasteiger charge is -2.21. The third kappa shape index (κ3) is 3.73. The molecule has 0 unspecified atom stereocenters. The van der Waals surface area contributed by atoms with E-state index in [2.05, 4.69) is 0 Å². The van der Waals surface area contributed by atoms with Gasteiger partial charge in [0.15, 0.2) is 9.84 Å². The lowest BCUT2D eigenvalue weighted by molar-refractivity contribution is 0.137. The molecule has 0 bridgehead atoms. The van der Waals surface area contributed by atoms with Gasteiger partial charge in [-0.1, -0.05) is 0 Å². The standard InChI is InChI=1S/C8H16O5S2/c1-8(2,3)13-15(11,12)7-4-5-14(9,10)6-7/h7H,4-6H2,1-3H3/t7-/m0/s1. The molecule has 1 fully saturated rings. The zero-order valence-corrected chi connectivity index (χ0v) is 10.7. The van der Waals surface area contributed by atoms with Crippen LogP contribution < -0.4 is 0 Å². The molecule has 0 radical (unpaired) electrons. The Morgan fingerprint density at radius 1 is 1.27 bits per heavy atom. The molecule has 0 N–H and O–H groups in total. The van der Waals surface area contributed by atoms with Crippen molar-refractivity contribution in [2.45, 2.75) is 38.0 Å². The van der Waals surface area contributed by atoms with Crippen LogP contribution in [0.4, 0.5) is 0 Å². The van der Waals surface area contributed by atoms with E-state index < -0.39 is 30.8 Å². The summed E-state index contributed by atoms with van der Waals surface area (Å²) in [6.07, 6.45) is 0.140. The van der Waals surface area contributed by atoms with E-state index in [-0.39, 0.29) is 17.9 Å². The Kier molecular flexibility index (Phi) is 3.20. The predicted molar refractivity (Wildman–Crippen MR) is 56.8 cm³/mol. The molecule has 1 saturated heterocycles. The lowest BCUT2D eigenvalue weighted by Crippen LogP contribution is -2.32. The highest BCUT2D eigenvalue weighted by molar-refractivity contribution is 7.94. The fourth-order valence-electron chi connectivity index (χ4n) is 1.41. The van der Waals surface area contributed by atoms with Crippen molar-refractivity contribution < 1.29 is 21.0 Å². The van der Waals surface area contributed by atoms with Gasteiger partial charge in [0.05, 0.1) is 17.1 Å². The summed E-state index contributed by atoms with van der Waals surface area (Å²) in [7, 11) is -6.96. The molecule has 0 aliphatic carbocycles. The van der Waals surface area contributed by atoms with Crippen molar-refractivity contribution in [3.8, 4) is 0 Å². The fourth-order valence-corrected chi connectivity index (χ4v) is 5.63. The third-order valence-corrected chi connectivity index (χ3v) is 5.90. The summed E-state index contributed by atoms with van der Waals surface area (Å²) in [5.41, 5.74) is -0.814. The van der Waals surface area contributed by atoms with Crippen LogP contribution in [-0.4, -0.2) is 39.2 Å². The van der Waals surface area contributed by atoms with Gasteiger partial charge in [-0.2, -0.15) is 8.42 Å². The first-order valence-electron chi connectivity index (χ1n) is 4.67. The number of hydrogen-bond donors (Lipinski definition) is 0. The Bertz CT molecular complexity index is 426. The van der Waals surface area contributed by atoms with E-state index in [0.717, 1.165) is 0 Å². The van der Waals surface area contributed by atoms with Gasteiger partial charge >= 0.3 is 0 Å². The summed E-state index contributed by atoms with van der Waals surface area (Å²) in [5.74, 6) is -0.379. The van der Waals surface area contributed by atoms with E-state index in [0.29, 0.717) is 0 Å². The summed E-state index contributed by atoms with van der Waals surface area (Å²) >= 11 is 0. The molecule has 1 atom stereocenters. The Hall–Kier alpha value is -0.140. The molecule has 0 aromatic carbocycles. The highest BCUT2D eigenvalue weighted by Crippen LogP contribution is 2.23. The molecule has 1 rings (SSSR count). The molecule has 1 aliphatic rings. The highest BCUT2D eigenvalue weighted by atomic mass is 32.2. The maximum absolute atomic E-state index is 11.6. The van der Waals surface area contributed by atoms with Crippen molar-refractivity contribution in [1.82, 2.24) is 0 Å². The van der Waals surface area contributed by atoms with Crippen LogP contribution in [0.25, 0.3) is 0 Å². The first-order valence-corrected chi connectivity index (χ1v) is 7.96. The van der Waals surface area contributed by atoms with Gasteiger partial charge in [0.2, 0.25) is 0 Å². The zero-order chi connectivity index (χ0) is 11.9. The van der Waals surface area contributed by atoms with Gasteiger partial charge in [-0.25, -0.2) is 8.42 Å². The minimum Gasteiger partial charge on any atom is -0.264 e. The summed E-state index contributed by atoms with van der Waals surface area (Å²) in [4.78, 5) is 0. The molecule has 0 aromatic heterocycles. The second-order valence-electron chi connectivity index (χ2n) is 4.71. The van der Waals surface area contributed by atoms with Crippen LogP contribution in [0.5, 0.6) is 0 Å². The van der Waals surface area contributed by atoms with Gasteiger partial charge in [-0.05, 0) is 27.2 Å². The second kappa shape index (κ2) is 3.71. The topological polar surface area (TPSA) is 77.5 Å². The number of rotatable bonds is 2. The molecule has 7 heteroatoms. The Labute approximate surface area is 90.9 Å². The van der Waals surface area contributed by atoms with Crippen molar-refractivity contribution in [1.29, 1.82) is 0 Å². The van der Waals surface area contributed by atoms with Gasteiger partial charge in [-0.15, -0.1) is 0 Å². The van der Waals surface area contributed by atoms with Crippen LogP contribution in [0.1, 0.15) is 27.2 Å². The van der Waals surface area contributed by atoms with E-state index in [1.807, 2.05) is 0 Å². The Morgan fingerprint density at radius 2 is 1.80 bits per heavy atom. The highest BCUT2D eigenvalue weighted by Gasteiger charge is 2.39. The van der Waals surface area contributed by atoms with Gasteiger partial charge < -0.3 is 0 Å². The maximum atomic E-state index is 11.6. The van der Waals surface area contributed by atoms with Crippen LogP contribution in [-0.2, 0) is 24.1 Å². The quantitative estimate of drug-likeness (QED) is 0.665. The average molecular weight is 256 g/mol. The molecule has 0 amide bonds. The van der Waals surface area contributed by atoms with Crippen LogP contribution in [0.15, 0.2) is 0 Å². The normalized spacial score (nSPS) is 26.7. The largest absolute Gasteiger partial charge is 0.271 e. The zero-order valence-electron chi connectivity index (χ0n) is 9.06. The molecule has 15 heavy (non-hydrogen) atoms. The van der Waals surface area contributed by atoms with Crippen LogP contribution in [0.3, 0.4) is 0 Å². The minimum absolute atomic E-state index is 0.0651. The molecule has 1 heterocycles. The van der Waals surface area contributed by atoms with Crippen molar-refractivity contribution >= 4 is 20.0 Å². The first kappa shape index (κ1) is 12.9. The van der Waals surface area contributed by atoms with E-state index in [1.165, 1.54) is 0 Å². The maximum Gasteiger partial charge on any atom is 0.271 e.